The number of carbonyl (C=O) groups is 1. The largest absolute Gasteiger partial charge is 0.380 e. The van der Waals surface area contributed by atoms with E-state index < -0.39 is 0 Å². The molecule has 2 aromatic carbocycles. The van der Waals surface area contributed by atoms with E-state index in [1.807, 2.05) is 49.4 Å². The summed E-state index contributed by atoms with van der Waals surface area (Å²) in [6.45, 7) is 3.05. The summed E-state index contributed by atoms with van der Waals surface area (Å²) >= 11 is 0. The molecule has 0 atom stereocenters. The van der Waals surface area contributed by atoms with Crippen LogP contribution < -0.4 is 5.32 Å². The minimum Gasteiger partial charge on any atom is -0.380 e. The van der Waals surface area contributed by atoms with Gasteiger partial charge in [0.05, 0.1) is 12.1 Å². The van der Waals surface area contributed by atoms with Crippen molar-refractivity contribution in [1.82, 2.24) is 15.5 Å². The number of aryl methyl sites for hydroxylation is 1. The van der Waals surface area contributed by atoms with Crippen LogP contribution in [0.3, 0.4) is 0 Å². The monoisotopic (exact) mass is 309 g/mol. The fourth-order valence-electron chi connectivity index (χ4n) is 2.49. The second kappa shape index (κ2) is 6.62. The molecule has 0 spiro atoms. The van der Waals surface area contributed by atoms with Crippen LogP contribution >= 0.6 is 0 Å². The molecular weight excluding hydrogens is 290 g/mol. The van der Waals surface area contributed by atoms with Crippen molar-refractivity contribution in [3.05, 3.63) is 64.8 Å². The van der Waals surface area contributed by atoms with E-state index in [1.165, 1.54) is 0 Å². The molecule has 23 heavy (non-hydrogen) atoms. The smallest absolute Gasteiger partial charge is 0.272 e. The standard InChI is InChI=1S/C18H19N3O2/c1-12-3-8-16-15(9-12)17(21-20-16)18(22)19-10-13-4-6-14(7-5-13)11-23-2/h3-9H,10-11H2,1-2H3,(H,19,22)(H,20,21). The zero-order valence-electron chi connectivity index (χ0n) is 13.2. The lowest BCUT2D eigenvalue weighted by Crippen LogP contribution is -2.23. The van der Waals surface area contributed by atoms with Gasteiger partial charge in [-0.1, -0.05) is 35.9 Å². The van der Waals surface area contributed by atoms with Crippen LogP contribution in [0.5, 0.6) is 0 Å². The topological polar surface area (TPSA) is 67.0 Å². The Labute approximate surface area is 134 Å². The second-order valence-corrected chi connectivity index (χ2v) is 5.55. The van der Waals surface area contributed by atoms with Gasteiger partial charge in [-0.2, -0.15) is 5.10 Å². The van der Waals surface area contributed by atoms with E-state index in [9.17, 15) is 4.79 Å². The molecule has 2 N–H and O–H groups in total. The van der Waals surface area contributed by atoms with E-state index in [4.69, 9.17) is 4.74 Å². The number of aromatic amines is 1. The summed E-state index contributed by atoms with van der Waals surface area (Å²) in [6, 6.07) is 13.9. The van der Waals surface area contributed by atoms with Crippen LogP contribution in [0.25, 0.3) is 10.9 Å². The van der Waals surface area contributed by atoms with Crippen molar-refractivity contribution in [2.45, 2.75) is 20.1 Å². The second-order valence-electron chi connectivity index (χ2n) is 5.55. The molecule has 5 nitrogen and oxygen atoms in total. The first kappa shape index (κ1) is 15.2. The van der Waals surface area contributed by atoms with Gasteiger partial charge in [0.25, 0.3) is 5.91 Å². The fraction of sp³-hybridized carbons (Fsp3) is 0.222. The summed E-state index contributed by atoms with van der Waals surface area (Å²) in [5, 5.41) is 10.8. The predicted octanol–water partition coefficient (Wildman–Crippen LogP) is 2.95. The Balaban J connectivity index is 1.70. The number of methoxy groups -OCH3 is 1. The van der Waals surface area contributed by atoms with Crippen LogP contribution in [0.2, 0.25) is 0 Å². The van der Waals surface area contributed by atoms with E-state index in [0.29, 0.717) is 18.8 Å². The number of carbonyl (C=O) groups excluding carboxylic acids is 1. The summed E-state index contributed by atoms with van der Waals surface area (Å²) < 4.78 is 5.08. The van der Waals surface area contributed by atoms with Crippen molar-refractivity contribution >= 4 is 16.8 Å². The number of rotatable bonds is 5. The number of nitrogens with zero attached hydrogens (tertiary/aromatic N) is 1. The molecule has 3 aromatic rings. The Morgan fingerprint density at radius 3 is 2.65 bits per heavy atom. The number of benzene rings is 2. The normalized spacial score (nSPS) is 10.9. The van der Waals surface area contributed by atoms with E-state index in [1.54, 1.807) is 7.11 Å². The highest BCUT2D eigenvalue weighted by Crippen LogP contribution is 2.17. The predicted molar refractivity (Wildman–Crippen MR) is 89.2 cm³/mol. The lowest BCUT2D eigenvalue weighted by Gasteiger charge is -2.05. The van der Waals surface area contributed by atoms with Gasteiger partial charge in [-0.25, -0.2) is 0 Å². The molecule has 5 heteroatoms. The molecular formula is C18H19N3O2. The zero-order chi connectivity index (χ0) is 16.2. The van der Waals surface area contributed by atoms with Gasteiger partial charge in [0.2, 0.25) is 0 Å². The van der Waals surface area contributed by atoms with Crippen molar-refractivity contribution in [3.63, 3.8) is 0 Å². The molecule has 1 amide bonds. The van der Waals surface area contributed by atoms with Crippen LogP contribution in [-0.2, 0) is 17.9 Å². The Bertz CT molecular complexity index is 822. The summed E-state index contributed by atoms with van der Waals surface area (Å²) in [6.07, 6.45) is 0. The molecule has 0 radical (unpaired) electrons. The van der Waals surface area contributed by atoms with Gasteiger partial charge in [0.15, 0.2) is 5.69 Å². The molecule has 1 aromatic heterocycles. The van der Waals surface area contributed by atoms with Crippen LogP contribution in [0, 0.1) is 6.92 Å². The van der Waals surface area contributed by atoms with Crippen molar-refractivity contribution < 1.29 is 9.53 Å². The van der Waals surface area contributed by atoms with Crippen LogP contribution in [-0.4, -0.2) is 23.2 Å². The molecule has 0 aliphatic heterocycles. The van der Waals surface area contributed by atoms with Crippen molar-refractivity contribution in [2.24, 2.45) is 0 Å². The third-order valence-corrected chi connectivity index (χ3v) is 3.72. The minimum atomic E-state index is -0.178. The number of ether oxygens (including phenoxy) is 1. The fourth-order valence-corrected chi connectivity index (χ4v) is 2.49. The lowest BCUT2D eigenvalue weighted by molar-refractivity contribution is 0.0947. The van der Waals surface area contributed by atoms with E-state index >= 15 is 0 Å². The molecule has 0 unspecified atom stereocenters. The van der Waals surface area contributed by atoms with Gasteiger partial charge in [0.1, 0.15) is 0 Å². The van der Waals surface area contributed by atoms with Crippen LogP contribution in [0.4, 0.5) is 0 Å². The molecule has 0 saturated carbocycles. The first-order valence-corrected chi connectivity index (χ1v) is 7.47. The number of H-pyrrole nitrogens is 1. The zero-order valence-corrected chi connectivity index (χ0v) is 13.2. The first-order valence-electron chi connectivity index (χ1n) is 7.47. The van der Waals surface area contributed by atoms with E-state index in [2.05, 4.69) is 15.5 Å². The number of hydrogen-bond donors (Lipinski definition) is 2. The molecule has 0 aliphatic carbocycles. The Morgan fingerprint density at radius 2 is 1.91 bits per heavy atom. The maximum absolute atomic E-state index is 12.4. The molecule has 0 fully saturated rings. The van der Waals surface area contributed by atoms with Gasteiger partial charge in [-0.05, 0) is 30.2 Å². The number of aromatic nitrogens is 2. The first-order chi connectivity index (χ1) is 11.2. The summed E-state index contributed by atoms with van der Waals surface area (Å²) in [5.41, 5.74) is 4.54. The number of fused-ring (bicyclic) bond motifs is 1. The quantitative estimate of drug-likeness (QED) is 0.761. The number of amides is 1. The Morgan fingerprint density at radius 1 is 1.17 bits per heavy atom. The summed E-state index contributed by atoms with van der Waals surface area (Å²) in [4.78, 5) is 12.4. The van der Waals surface area contributed by atoms with Crippen molar-refractivity contribution in [1.29, 1.82) is 0 Å². The lowest BCUT2D eigenvalue weighted by atomic mass is 10.1. The number of hydrogen-bond acceptors (Lipinski definition) is 3. The minimum absolute atomic E-state index is 0.178. The van der Waals surface area contributed by atoms with Crippen molar-refractivity contribution in [3.8, 4) is 0 Å². The third-order valence-electron chi connectivity index (χ3n) is 3.72. The molecule has 0 saturated heterocycles. The maximum atomic E-state index is 12.4. The van der Waals surface area contributed by atoms with Gasteiger partial charge in [-0.15, -0.1) is 0 Å². The molecule has 0 aliphatic rings. The third kappa shape index (κ3) is 3.40. The van der Waals surface area contributed by atoms with Gasteiger partial charge in [-0.3, -0.25) is 9.89 Å². The van der Waals surface area contributed by atoms with Gasteiger partial charge < -0.3 is 10.1 Å². The average molecular weight is 309 g/mol. The Kier molecular flexibility index (Phi) is 4.39. The van der Waals surface area contributed by atoms with Gasteiger partial charge in [0, 0.05) is 19.0 Å². The molecule has 1 heterocycles. The highest BCUT2D eigenvalue weighted by atomic mass is 16.5. The molecule has 118 valence electrons. The van der Waals surface area contributed by atoms with Crippen molar-refractivity contribution in [2.75, 3.05) is 7.11 Å². The maximum Gasteiger partial charge on any atom is 0.272 e. The Hall–Kier alpha value is -2.66. The summed E-state index contributed by atoms with van der Waals surface area (Å²) in [5.74, 6) is -0.178. The number of nitrogens with one attached hydrogen (secondary N) is 2. The average Bonchev–Trinajstić information content (AvgIpc) is 2.97. The van der Waals surface area contributed by atoms with Crippen LogP contribution in [0.15, 0.2) is 42.5 Å². The molecule has 0 bridgehead atoms. The SMILES string of the molecule is COCc1ccc(CNC(=O)c2n[nH]c3ccc(C)cc23)cc1. The molecule has 3 rings (SSSR count). The summed E-state index contributed by atoms with van der Waals surface area (Å²) in [7, 11) is 1.67. The van der Waals surface area contributed by atoms with E-state index in [-0.39, 0.29) is 5.91 Å². The highest BCUT2D eigenvalue weighted by molar-refractivity contribution is 6.04. The highest BCUT2D eigenvalue weighted by Gasteiger charge is 2.13. The van der Waals surface area contributed by atoms with E-state index in [0.717, 1.165) is 27.6 Å². The van der Waals surface area contributed by atoms with Gasteiger partial charge >= 0.3 is 0 Å². The van der Waals surface area contributed by atoms with Crippen LogP contribution in [0.1, 0.15) is 27.2 Å².